The van der Waals surface area contributed by atoms with E-state index in [-0.39, 0.29) is 11.7 Å². The van der Waals surface area contributed by atoms with E-state index >= 15 is 0 Å². The van der Waals surface area contributed by atoms with Crippen LogP contribution in [0.2, 0.25) is 5.02 Å². The highest BCUT2D eigenvalue weighted by Gasteiger charge is 2.19. The first-order valence-electron chi connectivity index (χ1n) is 7.42. The van der Waals surface area contributed by atoms with Crippen LogP contribution in [0.1, 0.15) is 23.0 Å². The highest BCUT2D eigenvalue weighted by atomic mass is 79.9. The molecule has 5 nitrogen and oxygen atoms in total. The molecule has 2 N–H and O–H groups in total. The summed E-state index contributed by atoms with van der Waals surface area (Å²) in [6.45, 7) is 3.23. The Bertz CT molecular complexity index is 997. The molecule has 3 rings (SSSR count). The number of rotatable bonds is 3. The Morgan fingerprint density at radius 2 is 1.88 bits per heavy atom. The van der Waals surface area contributed by atoms with E-state index in [1.165, 1.54) is 6.92 Å². The third kappa shape index (κ3) is 3.70. The van der Waals surface area contributed by atoms with E-state index in [2.05, 4.69) is 26.6 Å². The lowest BCUT2D eigenvalue weighted by Gasteiger charge is -2.09. The molecular formula is C18H14BrClN2O3. The summed E-state index contributed by atoms with van der Waals surface area (Å²) in [4.78, 5) is 23.8. The van der Waals surface area contributed by atoms with Crippen LogP contribution in [0.25, 0.3) is 11.0 Å². The van der Waals surface area contributed by atoms with Gasteiger partial charge in [0, 0.05) is 28.0 Å². The maximum absolute atomic E-state index is 12.6. The molecule has 1 heterocycles. The number of benzene rings is 2. The van der Waals surface area contributed by atoms with E-state index in [9.17, 15) is 9.59 Å². The van der Waals surface area contributed by atoms with Crippen molar-refractivity contribution in [2.75, 3.05) is 10.6 Å². The number of nitrogens with one attached hydrogen (secondary N) is 2. The van der Waals surface area contributed by atoms with Crippen LogP contribution in [0.3, 0.4) is 0 Å². The van der Waals surface area contributed by atoms with Gasteiger partial charge in [0.1, 0.15) is 5.58 Å². The first-order valence-corrected chi connectivity index (χ1v) is 8.59. The lowest BCUT2D eigenvalue weighted by Crippen LogP contribution is -2.13. The van der Waals surface area contributed by atoms with Crippen molar-refractivity contribution in [1.29, 1.82) is 0 Å². The summed E-state index contributed by atoms with van der Waals surface area (Å²) < 4.78 is 6.58. The Kier molecular flexibility index (Phi) is 4.83. The molecule has 0 bridgehead atoms. The van der Waals surface area contributed by atoms with Crippen LogP contribution in [-0.4, -0.2) is 11.8 Å². The molecule has 0 fully saturated rings. The van der Waals surface area contributed by atoms with Gasteiger partial charge in [0.25, 0.3) is 5.91 Å². The van der Waals surface area contributed by atoms with E-state index in [0.717, 1.165) is 15.4 Å². The Labute approximate surface area is 157 Å². The number of anilines is 2. The number of carbonyl (C=O) groups excluding carboxylic acids is 2. The van der Waals surface area contributed by atoms with Crippen molar-refractivity contribution in [1.82, 2.24) is 0 Å². The minimum absolute atomic E-state index is 0.210. The predicted octanol–water partition coefficient (Wildman–Crippen LogP) is 5.37. The van der Waals surface area contributed by atoms with Gasteiger partial charge in [0.2, 0.25) is 5.91 Å². The third-order valence-electron chi connectivity index (χ3n) is 3.64. The summed E-state index contributed by atoms with van der Waals surface area (Å²) in [5, 5.41) is 6.59. The zero-order chi connectivity index (χ0) is 18.1. The van der Waals surface area contributed by atoms with Gasteiger partial charge in [0.05, 0.1) is 10.7 Å². The second-order valence-electron chi connectivity index (χ2n) is 5.53. The number of carbonyl (C=O) groups is 2. The molecule has 0 spiro atoms. The maximum Gasteiger partial charge on any atom is 0.291 e. The Hall–Kier alpha value is -2.31. The van der Waals surface area contributed by atoms with Gasteiger partial charge in [-0.2, -0.15) is 0 Å². The van der Waals surface area contributed by atoms with Gasteiger partial charge < -0.3 is 15.1 Å². The monoisotopic (exact) mass is 420 g/mol. The smallest absolute Gasteiger partial charge is 0.291 e. The van der Waals surface area contributed by atoms with Gasteiger partial charge in [-0.3, -0.25) is 9.59 Å². The molecule has 0 atom stereocenters. The number of hydrogen-bond donors (Lipinski definition) is 2. The molecule has 2 aromatic carbocycles. The zero-order valence-electron chi connectivity index (χ0n) is 13.4. The Morgan fingerprint density at radius 3 is 2.60 bits per heavy atom. The van der Waals surface area contributed by atoms with E-state index < -0.39 is 5.91 Å². The molecule has 0 saturated heterocycles. The van der Waals surface area contributed by atoms with Gasteiger partial charge in [-0.25, -0.2) is 0 Å². The van der Waals surface area contributed by atoms with Crippen LogP contribution >= 0.6 is 27.5 Å². The fourth-order valence-corrected chi connectivity index (χ4v) is 3.02. The molecule has 0 aliphatic heterocycles. The molecule has 3 aromatic rings. The van der Waals surface area contributed by atoms with Crippen molar-refractivity contribution < 1.29 is 14.0 Å². The summed E-state index contributed by atoms with van der Waals surface area (Å²) in [6, 6.07) is 10.4. The van der Waals surface area contributed by atoms with E-state index in [1.807, 2.05) is 19.1 Å². The number of aryl methyl sites for hydroxylation is 1. The second-order valence-corrected chi connectivity index (χ2v) is 6.85. The number of halogens is 2. The molecule has 128 valence electrons. The van der Waals surface area contributed by atoms with Crippen LogP contribution in [0.15, 0.2) is 45.3 Å². The minimum atomic E-state index is -0.410. The van der Waals surface area contributed by atoms with Gasteiger partial charge >= 0.3 is 0 Å². The van der Waals surface area contributed by atoms with Crippen molar-refractivity contribution in [2.45, 2.75) is 13.8 Å². The first-order chi connectivity index (χ1) is 11.8. The Balaban J connectivity index is 1.92. The van der Waals surface area contributed by atoms with Gasteiger partial charge in [-0.1, -0.05) is 27.5 Å². The molecule has 2 amide bonds. The van der Waals surface area contributed by atoms with Gasteiger partial charge in [-0.05, 0) is 43.3 Å². The van der Waals surface area contributed by atoms with Gasteiger partial charge in [0.15, 0.2) is 5.76 Å². The van der Waals surface area contributed by atoms with Crippen molar-refractivity contribution in [3.05, 3.63) is 57.2 Å². The molecule has 1 aromatic heterocycles. The Morgan fingerprint density at radius 1 is 1.12 bits per heavy atom. The van der Waals surface area contributed by atoms with Crippen LogP contribution < -0.4 is 10.6 Å². The van der Waals surface area contributed by atoms with Crippen molar-refractivity contribution in [3.63, 3.8) is 0 Å². The topological polar surface area (TPSA) is 71.3 Å². The number of furan rings is 1. The van der Waals surface area contributed by atoms with Crippen LogP contribution in [0, 0.1) is 6.92 Å². The molecule has 0 saturated carbocycles. The standard InChI is InChI=1S/C18H14BrClN2O3/c1-9-13-7-11(19)3-6-16(13)25-17(9)18(24)22-15-8-12(21-10(2)23)4-5-14(15)20/h3-8H,1-2H3,(H,21,23)(H,22,24). The van der Waals surface area contributed by atoms with Crippen LogP contribution in [-0.2, 0) is 4.79 Å². The lowest BCUT2D eigenvalue weighted by atomic mass is 10.1. The van der Waals surface area contributed by atoms with E-state index in [4.69, 9.17) is 16.0 Å². The molecule has 0 radical (unpaired) electrons. The summed E-state index contributed by atoms with van der Waals surface area (Å²) in [5.41, 5.74) is 2.29. The van der Waals surface area contributed by atoms with E-state index in [1.54, 1.807) is 24.3 Å². The van der Waals surface area contributed by atoms with Crippen molar-refractivity contribution >= 4 is 61.7 Å². The van der Waals surface area contributed by atoms with Gasteiger partial charge in [-0.15, -0.1) is 0 Å². The lowest BCUT2D eigenvalue weighted by molar-refractivity contribution is -0.114. The average molecular weight is 422 g/mol. The molecule has 0 aliphatic carbocycles. The predicted molar refractivity (Wildman–Crippen MR) is 102 cm³/mol. The quantitative estimate of drug-likeness (QED) is 0.597. The molecular weight excluding hydrogens is 408 g/mol. The SMILES string of the molecule is CC(=O)Nc1ccc(Cl)c(NC(=O)c2oc3ccc(Br)cc3c2C)c1. The first kappa shape index (κ1) is 17.5. The molecule has 0 aliphatic rings. The average Bonchev–Trinajstić information content (AvgIpc) is 2.87. The molecule has 0 unspecified atom stereocenters. The number of amides is 2. The number of fused-ring (bicyclic) bond motifs is 1. The fraction of sp³-hybridized carbons (Fsp3) is 0.111. The summed E-state index contributed by atoms with van der Waals surface area (Å²) in [5.74, 6) is -0.404. The highest BCUT2D eigenvalue weighted by Crippen LogP contribution is 2.30. The van der Waals surface area contributed by atoms with Crippen molar-refractivity contribution in [2.24, 2.45) is 0 Å². The fourth-order valence-electron chi connectivity index (χ4n) is 2.49. The van der Waals surface area contributed by atoms with Crippen LogP contribution in [0.5, 0.6) is 0 Å². The zero-order valence-corrected chi connectivity index (χ0v) is 15.8. The minimum Gasteiger partial charge on any atom is -0.451 e. The number of hydrogen-bond acceptors (Lipinski definition) is 3. The van der Waals surface area contributed by atoms with Crippen molar-refractivity contribution in [3.8, 4) is 0 Å². The maximum atomic E-state index is 12.6. The molecule has 25 heavy (non-hydrogen) atoms. The summed E-state index contributed by atoms with van der Waals surface area (Å²) >= 11 is 9.55. The van der Waals surface area contributed by atoms with E-state index in [0.29, 0.717) is 22.0 Å². The van der Waals surface area contributed by atoms with Crippen LogP contribution in [0.4, 0.5) is 11.4 Å². The molecule has 7 heteroatoms. The highest BCUT2D eigenvalue weighted by molar-refractivity contribution is 9.10. The summed E-state index contributed by atoms with van der Waals surface area (Å²) in [7, 11) is 0. The summed E-state index contributed by atoms with van der Waals surface area (Å²) in [6.07, 6.45) is 0. The third-order valence-corrected chi connectivity index (χ3v) is 4.46. The largest absolute Gasteiger partial charge is 0.451 e. The normalized spacial score (nSPS) is 10.7. The second kappa shape index (κ2) is 6.90.